The van der Waals surface area contributed by atoms with Crippen LogP contribution in [0.15, 0.2) is 12.1 Å². The van der Waals surface area contributed by atoms with Gasteiger partial charge in [0.2, 0.25) is 0 Å². The second-order valence-corrected chi connectivity index (χ2v) is 4.39. The van der Waals surface area contributed by atoms with Crippen LogP contribution in [0.1, 0.15) is 18.9 Å². The summed E-state index contributed by atoms with van der Waals surface area (Å²) < 4.78 is 10.4. The van der Waals surface area contributed by atoms with Crippen molar-refractivity contribution < 1.29 is 14.6 Å². The molecule has 0 aliphatic rings. The highest BCUT2D eigenvalue weighted by Crippen LogP contribution is 2.35. The molecule has 19 heavy (non-hydrogen) atoms. The summed E-state index contributed by atoms with van der Waals surface area (Å²) in [7, 11) is 3.13. The fourth-order valence-corrected chi connectivity index (χ4v) is 1.98. The van der Waals surface area contributed by atoms with E-state index < -0.39 is 0 Å². The lowest BCUT2D eigenvalue weighted by atomic mass is 10.1. The Morgan fingerprint density at radius 1 is 1.32 bits per heavy atom. The molecule has 0 bridgehead atoms. The fraction of sp³-hybridized carbons (Fsp3) is 0.538. The van der Waals surface area contributed by atoms with Crippen LogP contribution in [-0.2, 0) is 6.54 Å². The maximum atomic E-state index is 9.11. The standard InChI is InChI=1S/C13H20ClNO3.ClH/c1-4-10(8-16)15-7-9-5-11(14)13(18-3)12(6-9)17-2;/h5-6,10,15-16H,4,7-8H2,1-3H3;1H. The first-order chi connectivity index (χ1) is 8.65. The van der Waals surface area contributed by atoms with Gasteiger partial charge in [0.1, 0.15) is 0 Å². The highest BCUT2D eigenvalue weighted by atomic mass is 35.5. The molecular weight excluding hydrogens is 289 g/mol. The van der Waals surface area contributed by atoms with Gasteiger partial charge in [0.05, 0.1) is 25.8 Å². The van der Waals surface area contributed by atoms with Crippen molar-refractivity contribution in [3.05, 3.63) is 22.7 Å². The van der Waals surface area contributed by atoms with E-state index in [1.54, 1.807) is 14.2 Å². The van der Waals surface area contributed by atoms with Gasteiger partial charge in [-0.15, -0.1) is 12.4 Å². The third-order valence-electron chi connectivity index (χ3n) is 2.80. The van der Waals surface area contributed by atoms with E-state index in [4.69, 9.17) is 26.2 Å². The summed E-state index contributed by atoms with van der Waals surface area (Å²) >= 11 is 6.11. The molecule has 4 nitrogen and oxygen atoms in total. The van der Waals surface area contributed by atoms with E-state index >= 15 is 0 Å². The molecule has 0 heterocycles. The maximum Gasteiger partial charge on any atom is 0.179 e. The summed E-state index contributed by atoms with van der Waals surface area (Å²) in [6.45, 7) is 2.77. The Morgan fingerprint density at radius 3 is 2.47 bits per heavy atom. The highest BCUT2D eigenvalue weighted by molar-refractivity contribution is 6.32. The van der Waals surface area contributed by atoms with E-state index in [0.717, 1.165) is 12.0 Å². The number of rotatable bonds is 7. The molecular formula is C13H21Cl2NO3. The van der Waals surface area contributed by atoms with Gasteiger partial charge in [-0.05, 0) is 24.1 Å². The molecule has 0 spiro atoms. The van der Waals surface area contributed by atoms with Crippen LogP contribution in [-0.4, -0.2) is 32.0 Å². The lowest BCUT2D eigenvalue weighted by molar-refractivity contribution is 0.238. The Labute approximate surface area is 125 Å². The highest BCUT2D eigenvalue weighted by Gasteiger charge is 2.11. The minimum Gasteiger partial charge on any atom is -0.493 e. The van der Waals surface area contributed by atoms with Crippen LogP contribution in [0.3, 0.4) is 0 Å². The molecule has 0 aliphatic carbocycles. The molecule has 1 atom stereocenters. The number of hydrogen-bond acceptors (Lipinski definition) is 4. The molecule has 0 radical (unpaired) electrons. The Bertz CT molecular complexity index is 384. The first-order valence-electron chi connectivity index (χ1n) is 5.90. The Kier molecular flexibility index (Phi) is 8.93. The number of methoxy groups -OCH3 is 2. The minimum atomic E-state index is 0. The quantitative estimate of drug-likeness (QED) is 0.813. The average molecular weight is 310 g/mol. The van der Waals surface area contributed by atoms with E-state index in [2.05, 4.69) is 5.32 Å². The minimum absolute atomic E-state index is 0. The normalized spacial score (nSPS) is 11.6. The van der Waals surface area contributed by atoms with Gasteiger partial charge in [0.15, 0.2) is 11.5 Å². The zero-order valence-electron chi connectivity index (χ0n) is 11.4. The van der Waals surface area contributed by atoms with Crippen LogP contribution >= 0.6 is 24.0 Å². The molecule has 110 valence electrons. The van der Waals surface area contributed by atoms with Gasteiger partial charge in [-0.3, -0.25) is 0 Å². The van der Waals surface area contributed by atoms with Crippen molar-refractivity contribution in [1.29, 1.82) is 0 Å². The van der Waals surface area contributed by atoms with Crippen molar-refractivity contribution in [3.63, 3.8) is 0 Å². The lowest BCUT2D eigenvalue weighted by Gasteiger charge is -2.16. The largest absolute Gasteiger partial charge is 0.493 e. The third-order valence-corrected chi connectivity index (χ3v) is 3.08. The SMILES string of the molecule is CCC(CO)NCc1cc(Cl)c(OC)c(OC)c1.Cl. The van der Waals surface area contributed by atoms with Crippen LogP contribution in [0.4, 0.5) is 0 Å². The summed E-state index contributed by atoms with van der Waals surface area (Å²) in [4.78, 5) is 0. The summed E-state index contributed by atoms with van der Waals surface area (Å²) in [6, 6.07) is 3.80. The first-order valence-corrected chi connectivity index (χ1v) is 6.28. The summed E-state index contributed by atoms with van der Waals surface area (Å²) in [5.74, 6) is 1.15. The smallest absolute Gasteiger partial charge is 0.179 e. The molecule has 0 fully saturated rings. The summed E-state index contributed by atoms with van der Waals surface area (Å²) in [5, 5.41) is 12.9. The van der Waals surface area contributed by atoms with E-state index in [1.807, 2.05) is 19.1 Å². The molecule has 1 unspecified atom stereocenters. The van der Waals surface area contributed by atoms with Crippen LogP contribution in [0.2, 0.25) is 5.02 Å². The van der Waals surface area contributed by atoms with Crippen molar-refractivity contribution in [1.82, 2.24) is 5.32 Å². The van der Waals surface area contributed by atoms with Crippen molar-refractivity contribution in [3.8, 4) is 11.5 Å². The van der Waals surface area contributed by atoms with Gasteiger partial charge in [0.25, 0.3) is 0 Å². The molecule has 0 amide bonds. The Balaban J connectivity index is 0.00000324. The van der Waals surface area contributed by atoms with Crippen LogP contribution in [0, 0.1) is 0 Å². The second-order valence-electron chi connectivity index (χ2n) is 3.98. The van der Waals surface area contributed by atoms with Crippen molar-refractivity contribution >= 4 is 24.0 Å². The first kappa shape index (κ1) is 18.3. The number of hydrogen-bond donors (Lipinski definition) is 2. The third kappa shape index (κ3) is 5.07. The van der Waals surface area contributed by atoms with E-state index in [9.17, 15) is 0 Å². The summed E-state index contributed by atoms with van der Waals surface area (Å²) in [5.41, 5.74) is 0.990. The average Bonchev–Trinajstić information content (AvgIpc) is 2.39. The van der Waals surface area contributed by atoms with Crippen molar-refractivity contribution in [2.45, 2.75) is 25.9 Å². The lowest BCUT2D eigenvalue weighted by Crippen LogP contribution is -2.31. The van der Waals surface area contributed by atoms with E-state index in [1.165, 1.54) is 0 Å². The topological polar surface area (TPSA) is 50.7 Å². The predicted octanol–water partition coefficient (Wildman–Crippen LogP) is 2.64. The molecule has 0 aromatic heterocycles. The molecule has 1 aromatic carbocycles. The molecule has 1 rings (SSSR count). The number of aliphatic hydroxyl groups is 1. The van der Waals surface area contributed by atoms with Crippen LogP contribution in [0.5, 0.6) is 11.5 Å². The zero-order valence-corrected chi connectivity index (χ0v) is 13.0. The van der Waals surface area contributed by atoms with E-state index in [-0.39, 0.29) is 25.1 Å². The van der Waals surface area contributed by atoms with Gasteiger partial charge >= 0.3 is 0 Å². The van der Waals surface area contributed by atoms with Crippen LogP contribution in [0.25, 0.3) is 0 Å². The Hall–Kier alpha value is -0.680. The molecule has 0 aliphatic heterocycles. The molecule has 0 saturated carbocycles. The number of benzene rings is 1. The number of ether oxygens (including phenoxy) is 2. The van der Waals surface area contributed by atoms with E-state index in [0.29, 0.717) is 23.1 Å². The van der Waals surface area contributed by atoms with Gasteiger partial charge in [-0.1, -0.05) is 18.5 Å². The number of halogens is 2. The molecule has 1 aromatic rings. The van der Waals surface area contributed by atoms with Gasteiger partial charge in [0, 0.05) is 12.6 Å². The number of nitrogens with one attached hydrogen (secondary N) is 1. The van der Waals surface area contributed by atoms with Crippen LogP contribution < -0.4 is 14.8 Å². The van der Waals surface area contributed by atoms with Gasteiger partial charge in [-0.2, -0.15) is 0 Å². The Morgan fingerprint density at radius 2 is 2.00 bits per heavy atom. The predicted molar refractivity (Wildman–Crippen MR) is 79.8 cm³/mol. The maximum absolute atomic E-state index is 9.11. The van der Waals surface area contributed by atoms with Gasteiger partial charge < -0.3 is 19.9 Å². The van der Waals surface area contributed by atoms with Crippen molar-refractivity contribution in [2.24, 2.45) is 0 Å². The monoisotopic (exact) mass is 309 g/mol. The van der Waals surface area contributed by atoms with Crippen molar-refractivity contribution in [2.75, 3.05) is 20.8 Å². The van der Waals surface area contributed by atoms with Gasteiger partial charge in [-0.25, -0.2) is 0 Å². The second kappa shape index (κ2) is 9.26. The molecule has 6 heteroatoms. The molecule has 0 saturated heterocycles. The summed E-state index contributed by atoms with van der Waals surface area (Å²) in [6.07, 6.45) is 0.873. The zero-order chi connectivity index (χ0) is 13.5. The fourth-order valence-electron chi connectivity index (χ4n) is 1.67. The number of aliphatic hydroxyl groups excluding tert-OH is 1. The molecule has 2 N–H and O–H groups in total.